The zero-order valence-corrected chi connectivity index (χ0v) is 16.6. The third-order valence-electron chi connectivity index (χ3n) is 5.46. The van der Waals surface area contributed by atoms with Crippen LogP contribution in [0.25, 0.3) is 11.3 Å². The fraction of sp³-hybridized carbons (Fsp3) is 0.526. The Morgan fingerprint density at radius 3 is 2.43 bits per heavy atom. The highest BCUT2D eigenvalue weighted by Crippen LogP contribution is 2.41. The van der Waals surface area contributed by atoms with E-state index in [9.17, 15) is 21.6 Å². The van der Waals surface area contributed by atoms with Gasteiger partial charge < -0.3 is 4.57 Å². The molecule has 5 nitrogen and oxygen atoms in total. The first-order valence-corrected chi connectivity index (χ1v) is 10.7. The third kappa shape index (κ3) is 4.57. The van der Waals surface area contributed by atoms with Gasteiger partial charge in [-0.05, 0) is 62.8 Å². The maximum atomic E-state index is 12.9. The first-order chi connectivity index (χ1) is 13.1. The molecule has 1 aromatic carbocycles. The zero-order chi connectivity index (χ0) is 20.5. The molecule has 0 unspecified atom stereocenters. The second kappa shape index (κ2) is 7.87. The third-order valence-corrected chi connectivity index (χ3v) is 6.87. The first kappa shape index (κ1) is 20.9. The van der Waals surface area contributed by atoms with Gasteiger partial charge in [-0.15, -0.1) is 0 Å². The molecule has 0 bridgehead atoms. The predicted octanol–water partition coefficient (Wildman–Crippen LogP) is 3.91. The molecular formula is C19H24F3N3O2S. The number of hydrogen-bond donors (Lipinski definition) is 1. The molecule has 1 fully saturated rings. The molecule has 1 N–H and O–H groups in total. The number of benzene rings is 1. The van der Waals surface area contributed by atoms with Crippen LogP contribution in [-0.2, 0) is 23.5 Å². The lowest BCUT2D eigenvalue weighted by Gasteiger charge is -2.30. The van der Waals surface area contributed by atoms with Gasteiger partial charge in [0.05, 0.1) is 22.8 Å². The van der Waals surface area contributed by atoms with Crippen LogP contribution in [0.15, 0.2) is 35.6 Å². The molecule has 1 saturated carbocycles. The Bertz CT molecular complexity index is 930. The fourth-order valence-corrected chi connectivity index (χ4v) is 4.57. The number of alkyl halides is 3. The lowest BCUT2D eigenvalue weighted by Crippen LogP contribution is -2.28. The molecular weight excluding hydrogens is 391 g/mol. The molecule has 1 aromatic heterocycles. The van der Waals surface area contributed by atoms with E-state index in [4.69, 9.17) is 0 Å². The average molecular weight is 415 g/mol. The van der Waals surface area contributed by atoms with Gasteiger partial charge in [0, 0.05) is 18.8 Å². The maximum Gasteiger partial charge on any atom is 0.391 e. The fourth-order valence-electron chi connectivity index (χ4n) is 3.81. The summed E-state index contributed by atoms with van der Waals surface area (Å²) in [6.45, 7) is 0. The normalized spacial score (nSPS) is 21.0. The lowest BCUT2D eigenvalue weighted by molar-refractivity contribution is -0.183. The Hall–Kier alpha value is -1.87. The van der Waals surface area contributed by atoms with Crippen LogP contribution in [0.3, 0.4) is 0 Å². The molecule has 1 aliphatic carbocycles. The summed E-state index contributed by atoms with van der Waals surface area (Å²) in [6.07, 6.45) is 1.26. The minimum absolute atomic E-state index is 0.139. The van der Waals surface area contributed by atoms with E-state index in [0.29, 0.717) is 30.5 Å². The minimum atomic E-state index is -4.12. The summed E-state index contributed by atoms with van der Waals surface area (Å²) in [5.41, 5.74) is 2.26. The maximum absolute atomic E-state index is 12.9. The number of sulfonamides is 1. The largest absolute Gasteiger partial charge is 0.391 e. The van der Waals surface area contributed by atoms with Crippen molar-refractivity contribution < 1.29 is 21.6 Å². The minimum Gasteiger partial charge on any atom is -0.340 e. The summed E-state index contributed by atoms with van der Waals surface area (Å²) in [5, 5.41) is 0. The Balaban J connectivity index is 1.87. The molecule has 0 aliphatic heterocycles. The summed E-state index contributed by atoms with van der Waals surface area (Å²) in [4.78, 5) is 4.47. The molecule has 0 spiro atoms. The van der Waals surface area contributed by atoms with Crippen LogP contribution in [-0.4, -0.2) is 31.2 Å². The van der Waals surface area contributed by atoms with E-state index in [1.165, 1.54) is 13.1 Å². The number of nitrogens with zero attached hydrogens (tertiary/aromatic N) is 2. The van der Waals surface area contributed by atoms with E-state index in [1.807, 2.05) is 7.05 Å². The van der Waals surface area contributed by atoms with Crippen molar-refractivity contribution in [1.82, 2.24) is 14.3 Å². The van der Waals surface area contributed by atoms with E-state index in [-0.39, 0.29) is 23.7 Å². The van der Waals surface area contributed by atoms with Crippen LogP contribution in [0.2, 0.25) is 0 Å². The summed E-state index contributed by atoms with van der Waals surface area (Å²) in [5.74, 6) is -1.06. The first-order valence-electron chi connectivity index (χ1n) is 9.21. The van der Waals surface area contributed by atoms with Gasteiger partial charge in [-0.3, -0.25) is 0 Å². The number of nitrogens with one attached hydrogen (secondary N) is 1. The van der Waals surface area contributed by atoms with Crippen LogP contribution < -0.4 is 4.72 Å². The average Bonchev–Trinajstić information content (AvgIpc) is 3.08. The Kier molecular flexibility index (Phi) is 5.86. The van der Waals surface area contributed by atoms with Gasteiger partial charge in [0.15, 0.2) is 0 Å². The Morgan fingerprint density at radius 1 is 1.21 bits per heavy atom. The number of imidazole rings is 1. The molecule has 28 heavy (non-hydrogen) atoms. The quantitative estimate of drug-likeness (QED) is 0.805. The van der Waals surface area contributed by atoms with Crippen LogP contribution in [0.1, 0.15) is 31.2 Å². The van der Waals surface area contributed by atoms with Crippen molar-refractivity contribution >= 4 is 10.0 Å². The van der Waals surface area contributed by atoms with Gasteiger partial charge in [0.25, 0.3) is 0 Å². The SMILES string of the molecule is CNS(=O)(=O)c1ccc(CC2CCC(C(F)(F)F)CC2)c(-c2cn(C)cn2)c1. The number of rotatable bonds is 5. The van der Waals surface area contributed by atoms with Crippen molar-refractivity contribution in [3.8, 4) is 11.3 Å². The summed E-state index contributed by atoms with van der Waals surface area (Å²) in [7, 11) is -0.433. The molecule has 1 heterocycles. The van der Waals surface area contributed by atoms with E-state index < -0.39 is 22.1 Å². The molecule has 0 amide bonds. The van der Waals surface area contributed by atoms with E-state index in [2.05, 4.69) is 9.71 Å². The van der Waals surface area contributed by atoms with Crippen molar-refractivity contribution in [1.29, 1.82) is 0 Å². The molecule has 0 saturated heterocycles. The molecule has 1 aliphatic rings. The molecule has 3 rings (SSSR count). The van der Waals surface area contributed by atoms with Gasteiger partial charge in [-0.1, -0.05) is 6.07 Å². The van der Waals surface area contributed by atoms with Crippen molar-refractivity contribution in [2.45, 2.75) is 43.2 Å². The summed E-state index contributed by atoms with van der Waals surface area (Å²) >= 11 is 0. The molecule has 9 heteroatoms. The van der Waals surface area contributed by atoms with Gasteiger partial charge >= 0.3 is 6.18 Å². The second-order valence-corrected chi connectivity index (χ2v) is 9.30. The summed E-state index contributed by atoms with van der Waals surface area (Å²) < 4.78 is 67.1. The number of halogens is 3. The Labute approximate surface area is 163 Å². The zero-order valence-electron chi connectivity index (χ0n) is 15.8. The highest BCUT2D eigenvalue weighted by atomic mass is 32.2. The predicted molar refractivity (Wildman–Crippen MR) is 100 cm³/mol. The van der Waals surface area contributed by atoms with Gasteiger partial charge in [-0.25, -0.2) is 18.1 Å². The topological polar surface area (TPSA) is 64.0 Å². The monoisotopic (exact) mass is 415 g/mol. The van der Waals surface area contributed by atoms with Crippen LogP contribution in [0.5, 0.6) is 0 Å². The van der Waals surface area contributed by atoms with Crippen molar-refractivity contribution in [3.63, 3.8) is 0 Å². The summed E-state index contributed by atoms with van der Waals surface area (Å²) in [6, 6.07) is 4.88. The van der Waals surface area contributed by atoms with E-state index in [0.717, 1.165) is 5.56 Å². The van der Waals surface area contributed by atoms with E-state index >= 15 is 0 Å². The number of aromatic nitrogens is 2. The van der Waals surface area contributed by atoms with Crippen molar-refractivity contribution in [2.75, 3.05) is 7.05 Å². The number of hydrogen-bond acceptors (Lipinski definition) is 3. The van der Waals surface area contributed by atoms with Crippen molar-refractivity contribution in [3.05, 3.63) is 36.3 Å². The van der Waals surface area contributed by atoms with E-state index in [1.54, 1.807) is 29.2 Å². The van der Waals surface area contributed by atoms with Crippen molar-refractivity contribution in [2.24, 2.45) is 18.9 Å². The number of aryl methyl sites for hydroxylation is 1. The van der Waals surface area contributed by atoms with Crippen LogP contribution in [0.4, 0.5) is 13.2 Å². The smallest absolute Gasteiger partial charge is 0.340 e. The van der Waals surface area contributed by atoms with Crippen LogP contribution >= 0.6 is 0 Å². The standard InChI is InChI=1S/C19H24F3N3O2S/c1-23-28(26,27)16-8-5-14(17(10-16)18-11-25(2)12-24-18)9-13-3-6-15(7-4-13)19(20,21)22/h5,8,10-13,15,23H,3-4,6-7,9H2,1-2H3. The van der Waals surface area contributed by atoms with Gasteiger partial charge in [-0.2, -0.15) is 13.2 Å². The molecule has 0 atom stereocenters. The molecule has 0 radical (unpaired) electrons. The Morgan fingerprint density at radius 2 is 1.89 bits per heavy atom. The lowest BCUT2D eigenvalue weighted by atomic mass is 9.78. The molecule has 2 aromatic rings. The molecule has 154 valence electrons. The highest BCUT2D eigenvalue weighted by molar-refractivity contribution is 7.89. The van der Waals surface area contributed by atoms with Crippen LogP contribution in [0, 0.1) is 11.8 Å². The highest BCUT2D eigenvalue weighted by Gasteiger charge is 2.41. The van der Waals surface area contributed by atoms with Gasteiger partial charge in [0.2, 0.25) is 10.0 Å². The van der Waals surface area contributed by atoms with Gasteiger partial charge in [0.1, 0.15) is 0 Å². The second-order valence-electron chi connectivity index (χ2n) is 7.41.